The van der Waals surface area contributed by atoms with Crippen LogP contribution in [-0.2, 0) is 9.59 Å². The molecule has 0 aromatic carbocycles. The SMILES string of the molecule is CCC1=C([O-])C(C)C(=O)C(C)C1=O. The lowest BCUT2D eigenvalue weighted by molar-refractivity contribution is -0.314. The first kappa shape index (κ1) is 9.96. The molecule has 13 heavy (non-hydrogen) atoms. The molecule has 1 rings (SSSR count). The second-order valence-electron chi connectivity index (χ2n) is 3.41. The Morgan fingerprint density at radius 1 is 1.23 bits per heavy atom. The Morgan fingerprint density at radius 3 is 2.23 bits per heavy atom. The molecule has 2 atom stereocenters. The predicted octanol–water partition coefficient (Wildman–Crippen LogP) is 0.435. The van der Waals surface area contributed by atoms with Crippen molar-refractivity contribution in [3.63, 3.8) is 0 Å². The Morgan fingerprint density at radius 2 is 1.77 bits per heavy atom. The van der Waals surface area contributed by atoms with Crippen molar-refractivity contribution in [1.29, 1.82) is 0 Å². The summed E-state index contributed by atoms with van der Waals surface area (Å²) in [6, 6.07) is 0. The summed E-state index contributed by atoms with van der Waals surface area (Å²) in [5.41, 5.74) is 0.305. The van der Waals surface area contributed by atoms with Gasteiger partial charge in [0.05, 0.1) is 5.92 Å². The summed E-state index contributed by atoms with van der Waals surface area (Å²) in [5, 5.41) is 11.4. The van der Waals surface area contributed by atoms with Gasteiger partial charge >= 0.3 is 0 Å². The highest BCUT2D eigenvalue weighted by molar-refractivity contribution is 6.14. The van der Waals surface area contributed by atoms with E-state index in [9.17, 15) is 14.7 Å². The molecule has 3 heteroatoms. The third-order valence-electron chi connectivity index (χ3n) is 2.59. The Balaban J connectivity index is 3.18. The van der Waals surface area contributed by atoms with Crippen molar-refractivity contribution in [1.82, 2.24) is 0 Å². The lowest BCUT2D eigenvalue weighted by Gasteiger charge is -2.31. The molecule has 0 heterocycles. The van der Waals surface area contributed by atoms with Gasteiger partial charge in [-0.1, -0.05) is 13.8 Å². The van der Waals surface area contributed by atoms with Crippen LogP contribution in [0.15, 0.2) is 11.3 Å². The quantitative estimate of drug-likeness (QED) is 0.551. The van der Waals surface area contributed by atoms with E-state index in [1.807, 2.05) is 0 Å². The first-order chi connectivity index (χ1) is 6.00. The minimum absolute atomic E-state index is 0.243. The Hall–Kier alpha value is -1.12. The molecule has 1 aliphatic carbocycles. The molecule has 0 saturated heterocycles. The Labute approximate surface area is 77.4 Å². The van der Waals surface area contributed by atoms with Gasteiger partial charge in [0.1, 0.15) is 5.78 Å². The second-order valence-corrected chi connectivity index (χ2v) is 3.41. The molecule has 0 fully saturated rings. The molecular formula is C10H13O3-. The average molecular weight is 181 g/mol. The molecule has 0 aliphatic heterocycles. The minimum atomic E-state index is -0.623. The van der Waals surface area contributed by atoms with Crippen LogP contribution in [0.5, 0.6) is 0 Å². The third kappa shape index (κ3) is 1.39. The smallest absolute Gasteiger partial charge is 0.168 e. The number of allylic oxidation sites excluding steroid dienone is 2. The molecule has 0 radical (unpaired) electrons. The van der Waals surface area contributed by atoms with Crippen LogP contribution in [0.2, 0.25) is 0 Å². The first-order valence-electron chi connectivity index (χ1n) is 4.48. The van der Waals surface area contributed by atoms with Gasteiger partial charge in [-0.3, -0.25) is 9.59 Å². The van der Waals surface area contributed by atoms with Crippen LogP contribution in [0.4, 0.5) is 0 Å². The zero-order chi connectivity index (χ0) is 10.2. The zero-order valence-corrected chi connectivity index (χ0v) is 8.09. The minimum Gasteiger partial charge on any atom is -0.875 e. The molecule has 0 N–H and O–H groups in total. The lowest BCUT2D eigenvalue weighted by Crippen LogP contribution is -2.38. The summed E-state index contributed by atoms with van der Waals surface area (Å²) >= 11 is 0. The van der Waals surface area contributed by atoms with Crippen LogP contribution < -0.4 is 5.11 Å². The lowest BCUT2D eigenvalue weighted by atomic mass is 9.80. The maximum Gasteiger partial charge on any atom is 0.168 e. The van der Waals surface area contributed by atoms with Gasteiger partial charge < -0.3 is 5.11 Å². The molecule has 0 aromatic rings. The van der Waals surface area contributed by atoms with Crippen LogP contribution in [0.3, 0.4) is 0 Å². The van der Waals surface area contributed by atoms with Crippen molar-refractivity contribution in [3.8, 4) is 0 Å². The maximum atomic E-state index is 11.4. The van der Waals surface area contributed by atoms with Crippen molar-refractivity contribution >= 4 is 11.6 Å². The average Bonchev–Trinajstić information content (AvgIpc) is 2.13. The van der Waals surface area contributed by atoms with Gasteiger partial charge in [0.15, 0.2) is 5.78 Å². The number of hydrogen-bond donors (Lipinski definition) is 0. The van der Waals surface area contributed by atoms with Gasteiger partial charge in [0.25, 0.3) is 0 Å². The standard InChI is InChI=1S/C10H14O3/c1-4-7-9(12)5(2)8(11)6(3)10(7)13/h5-6,12H,4H2,1-3H3/p-1. The van der Waals surface area contributed by atoms with E-state index in [-0.39, 0.29) is 17.3 Å². The summed E-state index contributed by atoms with van der Waals surface area (Å²) in [4.78, 5) is 22.8. The summed E-state index contributed by atoms with van der Waals surface area (Å²) in [5.74, 6) is -2.05. The van der Waals surface area contributed by atoms with Crippen LogP contribution in [-0.4, -0.2) is 11.6 Å². The summed E-state index contributed by atoms with van der Waals surface area (Å²) < 4.78 is 0. The molecule has 0 saturated carbocycles. The van der Waals surface area contributed by atoms with E-state index < -0.39 is 11.8 Å². The Bertz CT molecular complexity index is 289. The highest BCUT2D eigenvalue weighted by Crippen LogP contribution is 2.26. The van der Waals surface area contributed by atoms with Crippen LogP contribution in [0.25, 0.3) is 0 Å². The summed E-state index contributed by atoms with van der Waals surface area (Å²) in [6.45, 7) is 4.91. The third-order valence-corrected chi connectivity index (χ3v) is 2.59. The molecule has 0 aromatic heterocycles. The van der Waals surface area contributed by atoms with Crippen molar-refractivity contribution in [3.05, 3.63) is 11.3 Å². The van der Waals surface area contributed by atoms with Gasteiger partial charge in [0.2, 0.25) is 0 Å². The molecule has 1 aliphatic rings. The van der Waals surface area contributed by atoms with Gasteiger partial charge in [-0.2, -0.15) is 0 Å². The molecule has 0 amide bonds. The van der Waals surface area contributed by atoms with Crippen molar-refractivity contribution in [2.24, 2.45) is 11.8 Å². The van der Waals surface area contributed by atoms with E-state index >= 15 is 0 Å². The molecular weight excluding hydrogens is 168 g/mol. The van der Waals surface area contributed by atoms with Crippen LogP contribution in [0.1, 0.15) is 27.2 Å². The first-order valence-corrected chi connectivity index (χ1v) is 4.48. The normalized spacial score (nSPS) is 29.8. The molecule has 2 unspecified atom stereocenters. The van der Waals surface area contributed by atoms with E-state index in [0.717, 1.165) is 0 Å². The van der Waals surface area contributed by atoms with Crippen molar-refractivity contribution < 1.29 is 14.7 Å². The predicted molar refractivity (Wildman–Crippen MR) is 45.7 cm³/mol. The van der Waals surface area contributed by atoms with Gasteiger partial charge in [-0.05, 0) is 18.9 Å². The topological polar surface area (TPSA) is 57.2 Å². The molecule has 72 valence electrons. The fourth-order valence-corrected chi connectivity index (χ4v) is 1.63. The molecule has 3 nitrogen and oxygen atoms in total. The van der Waals surface area contributed by atoms with Gasteiger partial charge in [-0.15, -0.1) is 5.76 Å². The van der Waals surface area contributed by atoms with Gasteiger partial charge in [0, 0.05) is 5.92 Å². The fraction of sp³-hybridized carbons (Fsp3) is 0.600. The number of ketones is 2. The Kier molecular flexibility index (Phi) is 2.55. The van der Waals surface area contributed by atoms with E-state index in [2.05, 4.69) is 0 Å². The number of carbonyl (C=O) groups excluding carboxylic acids is 2. The van der Waals surface area contributed by atoms with E-state index in [1.54, 1.807) is 20.8 Å². The van der Waals surface area contributed by atoms with Crippen LogP contribution in [0, 0.1) is 11.8 Å². The van der Waals surface area contributed by atoms with E-state index in [1.165, 1.54) is 0 Å². The zero-order valence-electron chi connectivity index (χ0n) is 8.09. The van der Waals surface area contributed by atoms with Crippen molar-refractivity contribution in [2.75, 3.05) is 0 Å². The van der Waals surface area contributed by atoms with E-state index in [0.29, 0.717) is 12.0 Å². The monoisotopic (exact) mass is 181 g/mol. The number of carbonyl (C=O) groups is 2. The summed E-state index contributed by atoms with van der Waals surface area (Å²) in [7, 11) is 0. The fourth-order valence-electron chi connectivity index (χ4n) is 1.63. The van der Waals surface area contributed by atoms with E-state index in [4.69, 9.17) is 0 Å². The molecule has 0 spiro atoms. The molecule has 0 bridgehead atoms. The maximum absolute atomic E-state index is 11.4. The second kappa shape index (κ2) is 3.32. The summed E-state index contributed by atoms with van der Waals surface area (Å²) in [6.07, 6.45) is 0.430. The highest BCUT2D eigenvalue weighted by Gasteiger charge is 2.33. The highest BCUT2D eigenvalue weighted by atomic mass is 16.3. The van der Waals surface area contributed by atoms with Gasteiger partial charge in [-0.25, -0.2) is 0 Å². The number of rotatable bonds is 1. The van der Waals surface area contributed by atoms with Crippen LogP contribution >= 0.6 is 0 Å². The number of Topliss-reactive ketones (excluding diaryl/α,β-unsaturated/α-hetero) is 2. The van der Waals surface area contributed by atoms with Crippen molar-refractivity contribution in [2.45, 2.75) is 27.2 Å². The largest absolute Gasteiger partial charge is 0.875 e. The number of hydrogen-bond acceptors (Lipinski definition) is 3.